The van der Waals surface area contributed by atoms with Gasteiger partial charge in [-0.05, 0) is 52.1 Å². The molecule has 0 aromatic carbocycles. The lowest BCUT2D eigenvalue weighted by Crippen LogP contribution is -2.52. The summed E-state index contributed by atoms with van der Waals surface area (Å²) >= 11 is 0. The molecule has 3 atom stereocenters. The van der Waals surface area contributed by atoms with Gasteiger partial charge in [-0.2, -0.15) is 0 Å². The fraction of sp³-hybridized carbons (Fsp3) is 0.938. The van der Waals surface area contributed by atoms with Crippen molar-refractivity contribution < 1.29 is 4.79 Å². The molecule has 2 rings (SSSR count). The number of carbonyl (C=O) groups is 1. The first kappa shape index (κ1) is 15.8. The van der Waals surface area contributed by atoms with Crippen molar-refractivity contribution >= 4 is 5.91 Å². The largest absolute Gasteiger partial charge is 0.354 e. The summed E-state index contributed by atoms with van der Waals surface area (Å²) in [6.45, 7) is 2.98. The fourth-order valence-electron chi connectivity index (χ4n) is 3.92. The minimum Gasteiger partial charge on any atom is -0.354 e. The maximum absolute atomic E-state index is 12.5. The van der Waals surface area contributed by atoms with Crippen LogP contribution >= 0.6 is 0 Å². The summed E-state index contributed by atoms with van der Waals surface area (Å²) in [5, 5.41) is 3.23. The Hall–Kier alpha value is -0.610. The molecule has 20 heavy (non-hydrogen) atoms. The van der Waals surface area contributed by atoms with E-state index in [1.165, 1.54) is 25.7 Å². The lowest BCUT2D eigenvalue weighted by atomic mass is 9.77. The van der Waals surface area contributed by atoms with Gasteiger partial charge in [0.2, 0.25) is 5.91 Å². The molecule has 4 heteroatoms. The Labute approximate surface area is 123 Å². The SMILES string of the molecule is CC1CCC(N)CC1C(=O)NCC1(N(C)C)CCCC1. The number of nitrogens with zero attached hydrogens (tertiary/aromatic N) is 1. The Kier molecular flexibility index (Phi) is 5.08. The van der Waals surface area contributed by atoms with Gasteiger partial charge in [-0.1, -0.05) is 19.8 Å². The lowest BCUT2D eigenvalue weighted by Gasteiger charge is -2.38. The quantitative estimate of drug-likeness (QED) is 0.825. The van der Waals surface area contributed by atoms with Crippen molar-refractivity contribution in [2.24, 2.45) is 17.6 Å². The first-order valence-electron chi connectivity index (χ1n) is 8.15. The Morgan fingerprint density at radius 3 is 2.55 bits per heavy atom. The molecule has 0 saturated heterocycles. The van der Waals surface area contributed by atoms with E-state index in [0.29, 0.717) is 5.92 Å². The molecule has 0 aromatic rings. The molecule has 2 fully saturated rings. The van der Waals surface area contributed by atoms with Gasteiger partial charge in [0.1, 0.15) is 0 Å². The molecule has 116 valence electrons. The molecule has 3 unspecified atom stereocenters. The average Bonchev–Trinajstić information content (AvgIpc) is 2.89. The predicted octanol–water partition coefficient (Wildman–Crippen LogP) is 1.74. The van der Waals surface area contributed by atoms with Crippen LogP contribution in [0.2, 0.25) is 0 Å². The van der Waals surface area contributed by atoms with E-state index in [-0.39, 0.29) is 23.4 Å². The van der Waals surface area contributed by atoms with Crippen LogP contribution in [0.15, 0.2) is 0 Å². The van der Waals surface area contributed by atoms with Crippen molar-refractivity contribution in [3.63, 3.8) is 0 Å². The molecular formula is C16H31N3O. The number of amides is 1. The Morgan fingerprint density at radius 1 is 1.30 bits per heavy atom. The highest BCUT2D eigenvalue weighted by atomic mass is 16.1. The van der Waals surface area contributed by atoms with Crippen LogP contribution in [-0.4, -0.2) is 43.0 Å². The van der Waals surface area contributed by atoms with Crippen molar-refractivity contribution in [1.29, 1.82) is 0 Å². The van der Waals surface area contributed by atoms with Gasteiger partial charge in [-0.3, -0.25) is 4.79 Å². The molecule has 0 spiro atoms. The molecule has 0 bridgehead atoms. The highest BCUT2D eigenvalue weighted by Crippen LogP contribution is 2.34. The molecule has 1 amide bonds. The van der Waals surface area contributed by atoms with E-state index in [4.69, 9.17) is 5.73 Å². The highest BCUT2D eigenvalue weighted by molar-refractivity contribution is 5.79. The normalized spacial score (nSPS) is 33.4. The van der Waals surface area contributed by atoms with E-state index < -0.39 is 0 Å². The summed E-state index contributed by atoms with van der Waals surface area (Å²) in [5.41, 5.74) is 6.21. The van der Waals surface area contributed by atoms with Gasteiger partial charge in [-0.15, -0.1) is 0 Å². The molecule has 2 aliphatic rings. The number of hydrogen-bond donors (Lipinski definition) is 2. The van der Waals surface area contributed by atoms with E-state index >= 15 is 0 Å². The monoisotopic (exact) mass is 281 g/mol. The third-order valence-corrected chi connectivity index (χ3v) is 5.65. The van der Waals surface area contributed by atoms with E-state index in [9.17, 15) is 4.79 Å². The van der Waals surface area contributed by atoms with Gasteiger partial charge < -0.3 is 16.0 Å². The molecule has 0 radical (unpaired) electrons. The summed E-state index contributed by atoms with van der Waals surface area (Å²) in [6.07, 6.45) is 7.93. The van der Waals surface area contributed by atoms with Gasteiger partial charge in [0.25, 0.3) is 0 Å². The van der Waals surface area contributed by atoms with E-state index in [0.717, 1.165) is 25.8 Å². The van der Waals surface area contributed by atoms with Crippen LogP contribution in [0.5, 0.6) is 0 Å². The first-order valence-corrected chi connectivity index (χ1v) is 8.15. The number of nitrogens with two attached hydrogens (primary N) is 1. The van der Waals surface area contributed by atoms with Gasteiger partial charge in [0.15, 0.2) is 0 Å². The molecule has 0 aromatic heterocycles. The van der Waals surface area contributed by atoms with Gasteiger partial charge in [0, 0.05) is 24.0 Å². The number of carbonyl (C=O) groups excluding carboxylic acids is 1. The molecular weight excluding hydrogens is 250 g/mol. The summed E-state index contributed by atoms with van der Waals surface area (Å²) in [5.74, 6) is 0.800. The second kappa shape index (κ2) is 6.44. The van der Waals surface area contributed by atoms with Crippen LogP contribution in [0.1, 0.15) is 51.9 Å². The molecule has 4 nitrogen and oxygen atoms in total. The molecule has 0 aliphatic heterocycles. The number of likely N-dealkylation sites (N-methyl/N-ethyl adjacent to an activating group) is 1. The van der Waals surface area contributed by atoms with E-state index in [1.54, 1.807) is 0 Å². The van der Waals surface area contributed by atoms with Crippen molar-refractivity contribution in [2.45, 2.75) is 63.5 Å². The number of hydrogen-bond acceptors (Lipinski definition) is 3. The Bertz CT molecular complexity index is 337. The minimum absolute atomic E-state index is 0.111. The molecule has 2 saturated carbocycles. The molecule has 0 heterocycles. The average molecular weight is 281 g/mol. The van der Waals surface area contributed by atoms with Crippen LogP contribution < -0.4 is 11.1 Å². The fourth-order valence-corrected chi connectivity index (χ4v) is 3.92. The minimum atomic E-state index is 0.111. The van der Waals surface area contributed by atoms with Crippen LogP contribution in [-0.2, 0) is 4.79 Å². The Morgan fingerprint density at radius 2 is 1.95 bits per heavy atom. The van der Waals surface area contributed by atoms with Crippen molar-refractivity contribution in [3.05, 3.63) is 0 Å². The standard InChI is InChI=1S/C16H31N3O/c1-12-6-7-13(17)10-14(12)15(20)18-11-16(19(2)3)8-4-5-9-16/h12-14H,4-11,17H2,1-3H3,(H,18,20). The van der Waals surface area contributed by atoms with Gasteiger partial charge in [-0.25, -0.2) is 0 Å². The summed E-state index contributed by atoms with van der Waals surface area (Å²) in [6, 6.07) is 0.205. The second-order valence-electron chi connectivity index (χ2n) is 7.20. The van der Waals surface area contributed by atoms with Crippen molar-refractivity contribution in [3.8, 4) is 0 Å². The molecule has 3 N–H and O–H groups in total. The van der Waals surface area contributed by atoms with Crippen LogP contribution in [0.4, 0.5) is 0 Å². The summed E-state index contributed by atoms with van der Waals surface area (Å²) in [4.78, 5) is 14.8. The first-order chi connectivity index (χ1) is 9.44. The van der Waals surface area contributed by atoms with Crippen molar-refractivity contribution in [1.82, 2.24) is 10.2 Å². The lowest BCUT2D eigenvalue weighted by molar-refractivity contribution is -0.128. The maximum Gasteiger partial charge on any atom is 0.223 e. The zero-order valence-corrected chi connectivity index (χ0v) is 13.3. The smallest absolute Gasteiger partial charge is 0.223 e. The third kappa shape index (κ3) is 3.34. The highest BCUT2D eigenvalue weighted by Gasteiger charge is 2.37. The second-order valence-corrected chi connectivity index (χ2v) is 7.20. The zero-order chi connectivity index (χ0) is 14.8. The molecule has 2 aliphatic carbocycles. The third-order valence-electron chi connectivity index (χ3n) is 5.65. The maximum atomic E-state index is 12.5. The topological polar surface area (TPSA) is 58.4 Å². The van der Waals surface area contributed by atoms with Gasteiger partial charge >= 0.3 is 0 Å². The zero-order valence-electron chi connectivity index (χ0n) is 13.3. The van der Waals surface area contributed by atoms with E-state index in [1.807, 2.05) is 0 Å². The van der Waals surface area contributed by atoms with Crippen LogP contribution in [0.3, 0.4) is 0 Å². The summed E-state index contributed by atoms with van der Waals surface area (Å²) < 4.78 is 0. The number of nitrogens with one attached hydrogen (secondary N) is 1. The van der Waals surface area contributed by atoms with Crippen LogP contribution in [0.25, 0.3) is 0 Å². The van der Waals surface area contributed by atoms with Crippen molar-refractivity contribution in [2.75, 3.05) is 20.6 Å². The Balaban J connectivity index is 1.90. The van der Waals surface area contributed by atoms with Crippen LogP contribution in [0, 0.1) is 11.8 Å². The number of rotatable bonds is 4. The summed E-state index contributed by atoms with van der Waals surface area (Å²) in [7, 11) is 4.27. The van der Waals surface area contributed by atoms with Gasteiger partial charge in [0.05, 0.1) is 0 Å². The predicted molar refractivity (Wildman–Crippen MR) is 82.4 cm³/mol. The van der Waals surface area contributed by atoms with E-state index in [2.05, 4.69) is 31.2 Å².